The van der Waals surface area contributed by atoms with E-state index >= 15 is 0 Å². The molecule has 0 aliphatic carbocycles. The first-order valence-corrected chi connectivity index (χ1v) is 4.25. The number of ether oxygens (including phenoxy) is 1. The minimum Gasteiger partial charge on any atom is -0.495 e. The maximum atomic E-state index is 5.35. The molecule has 0 amide bonds. The van der Waals surface area contributed by atoms with Crippen LogP contribution in [0, 0.1) is 6.92 Å². The number of anilines is 1. The summed E-state index contributed by atoms with van der Waals surface area (Å²) in [7, 11) is 1.61. The van der Waals surface area contributed by atoms with E-state index in [0.29, 0.717) is 0 Å². The molecule has 0 fully saturated rings. The van der Waals surface area contributed by atoms with Crippen LogP contribution >= 0.6 is 12.2 Å². The second kappa shape index (κ2) is 4.09. The number of hydrogen-bond donors (Lipinski definition) is 2. The summed E-state index contributed by atoms with van der Waals surface area (Å²) in [5.41, 5.74) is 7.27. The van der Waals surface area contributed by atoms with Gasteiger partial charge in [-0.3, -0.25) is 0 Å². The lowest BCUT2D eigenvalue weighted by Gasteiger charge is -2.09. The van der Waals surface area contributed by atoms with E-state index in [9.17, 15) is 0 Å². The fourth-order valence-electron chi connectivity index (χ4n) is 1.03. The van der Waals surface area contributed by atoms with Crippen LogP contribution in [-0.4, -0.2) is 12.2 Å². The van der Waals surface area contributed by atoms with Crippen molar-refractivity contribution in [2.45, 2.75) is 6.92 Å². The van der Waals surface area contributed by atoms with Crippen molar-refractivity contribution in [2.75, 3.05) is 12.4 Å². The highest BCUT2D eigenvalue weighted by Crippen LogP contribution is 2.24. The van der Waals surface area contributed by atoms with Crippen molar-refractivity contribution in [1.29, 1.82) is 0 Å². The van der Waals surface area contributed by atoms with E-state index in [1.54, 1.807) is 7.11 Å². The van der Waals surface area contributed by atoms with Crippen molar-refractivity contribution < 1.29 is 4.74 Å². The van der Waals surface area contributed by atoms with Crippen molar-refractivity contribution in [2.24, 2.45) is 5.73 Å². The van der Waals surface area contributed by atoms with E-state index in [-0.39, 0.29) is 5.11 Å². The number of aryl methyl sites for hydroxylation is 1. The van der Waals surface area contributed by atoms with Crippen LogP contribution in [0.1, 0.15) is 5.56 Å². The largest absolute Gasteiger partial charge is 0.495 e. The average Bonchev–Trinajstić information content (AvgIpc) is 2.07. The predicted octanol–water partition coefficient (Wildman–Crippen LogP) is 1.66. The molecule has 0 aliphatic heterocycles. The molecule has 0 bridgehead atoms. The number of benzene rings is 1. The van der Waals surface area contributed by atoms with Crippen LogP contribution in [0.25, 0.3) is 0 Å². The summed E-state index contributed by atoms with van der Waals surface area (Å²) < 4.78 is 5.15. The van der Waals surface area contributed by atoms with Crippen LogP contribution in [0.2, 0.25) is 0 Å². The number of methoxy groups -OCH3 is 1. The Morgan fingerprint density at radius 2 is 2.23 bits per heavy atom. The molecule has 3 nitrogen and oxygen atoms in total. The van der Waals surface area contributed by atoms with Gasteiger partial charge in [-0.1, -0.05) is 6.07 Å². The molecule has 4 heteroatoms. The van der Waals surface area contributed by atoms with Gasteiger partial charge in [-0.25, -0.2) is 0 Å². The third kappa shape index (κ3) is 2.59. The van der Waals surface area contributed by atoms with Gasteiger partial charge in [-0.2, -0.15) is 0 Å². The molecule has 0 unspecified atom stereocenters. The van der Waals surface area contributed by atoms with Crippen LogP contribution in [0.5, 0.6) is 5.75 Å². The van der Waals surface area contributed by atoms with Crippen molar-refractivity contribution in [3.8, 4) is 5.75 Å². The van der Waals surface area contributed by atoms with E-state index in [2.05, 4.69) is 5.32 Å². The van der Waals surface area contributed by atoms with Gasteiger partial charge in [0.1, 0.15) is 5.75 Å². The Kier molecular flexibility index (Phi) is 3.08. The first kappa shape index (κ1) is 9.80. The Morgan fingerprint density at radius 3 is 2.77 bits per heavy atom. The fourth-order valence-corrected chi connectivity index (χ4v) is 1.14. The Labute approximate surface area is 82.9 Å². The van der Waals surface area contributed by atoms with Gasteiger partial charge in [-0.15, -0.1) is 0 Å². The van der Waals surface area contributed by atoms with E-state index in [4.69, 9.17) is 22.7 Å². The fraction of sp³-hybridized carbons (Fsp3) is 0.222. The van der Waals surface area contributed by atoms with Crippen molar-refractivity contribution >= 4 is 23.0 Å². The second-order valence-corrected chi connectivity index (χ2v) is 3.13. The van der Waals surface area contributed by atoms with Crippen LogP contribution in [0.15, 0.2) is 18.2 Å². The highest BCUT2D eigenvalue weighted by molar-refractivity contribution is 7.80. The summed E-state index contributed by atoms with van der Waals surface area (Å²) in [4.78, 5) is 0. The van der Waals surface area contributed by atoms with Gasteiger partial charge in [0.15, 0.2) is 5.11 Å². The number of thiocarbonyl (C=S) groups is 1. The molecule has 0 aliphatic rings. The molecule has 1 aromatic carbocycles. The third-order valence-corrected chi connectivity index (χ3v) is 1.72. The zero-order chi connectivity index (χ0) is 9.84. The van der Waals surface area contributed by atoms with Gasteiger partial charge < -0.3 is 15.8 Å². The molecule has 70 valence electrons. The van der Waals surface area contributed by atoms with Gasteiger partial charge in [0.05, 0.1) is 12.8 Å². The molecular formula is C9H12N2OS. The van der Waals surface area contributed by atoms with Gasteiger partial charge >= 0.3 is 0 Å². The van der Waals surface area contributed by atoms with Gasteiger partial charge in [0.25, 0.3) is 0 Å². The Bertz CT molecular complexity index is 325. The van der Waals surface area contributed by atoms with Crippen LogP contribution < -0.4 is 15.8 Å². The van der Waals surface area contributed by atoms with Crippen LogP contribution in [-0.2, 0) is 0 Å². The summed E-state index contributed by atoms with van der Waals surface area (Å²) in [6, 6.07) is 5.76. The lowest BCUT2D eigenvalue weighted by atomic mass is 10.2. The topological polar surface area (TPSA) is 47.3 Å². The summed E-state index contributed by atoms with van der Waals surface area (Å²) in [6.45, 7) is 1.99. The van der Waals surface area contributed by atoms with Gasteiger partial charge in [0.2, 0.25) is 0 Å². The molecule has 0 aromatic heterocycles. The lowest BCUT2D eigenvalue weighted by Crippen LogP contribution is -2.19. The third-order valence-electron chi connectivity index (χ3n) is 1.61. The minimum absolute atomic E-state index is 0.238. The van der Waals surface area contributed by atoms with E-state index < -0.39 is 0 Å². The quantitative estimate of drug-likeness (QED) is 0.706. The molecule has 3 N–H and O–H groups in total. The number of nitrogens with two attached hydrogens (primary N) is 1. The molecule has 0 atom stereocenters. The average molecular weight is 196 g/mol. The van der Waals surface area contributed by atoms with Gasteiger partial charge in [0, 0.05) is 0 Å². The molecule has 0 radical (unpaired) electrons. The van der Waals surface area contributed by atoms with Crippen molar-refractivity contribution in [1.82, 2.24) is 0 Å². The lowest BCUT2D eigenvalue weighted by molar-refractivity contribution is 0.416. The highest BCUT2D eigenvalue weighted by atomic mass is 32.1. The normalized spacial score (nSPS) is 9.38. The second-order valence-electron chi connectivity index (χ2n) is 2.69. The van der Waals surface area contributed by atoms with E-state index in [0.717, 1.165) is 17.0 Å². The summed E-state index contributed by atoms with van der Waals surface area (Å²) >= 11 is 4.73. The summed E-state index contributed by atoms with van der Waals surface area (Å²) in [6.07, 6.45) is 0. The summed E-state index contributed by atoms with van der Waals surface area (Å²) in [5.74, 6) is 0.743. The number of rotatable bonds is 2. The molecular weight excluding hydrogens is 184 g/mol. The van der Waals surface area contributed by atoms with Crippen molar-refractivity contribution in [3.63, 3.8) is 0 Å². The Hall–Kier alpha value is -1.29. The molecule has 0 saturated carbocycles. The zero-order valence-corrected chi connectivity index (χ0v) is 8.44. The highest BCUT2D eigenvalue weighted by Gasteiger charge is 2.02. The standard InChI is InChI=1S/C9H12N2OS/c1-6-3-4-7(11-9(10)13)8(5-6)12-2/h3-5H,1-2H3,(H3,10,11,13). The first-order chi connectivity index (χ1) is 6.13. The number of nitrogens with one attached hydrogen (secondary N) is 1. The minimum atomic E-state index is 0.238. The monoisotopic (exact) mass is 196 g/mol. The molecule has 0 spiro atoms. The van der Waals surface area contributed by atoms with Gasteiger partial charge in [-0.05, 0) is 36.8 Å². The summed E-state index contributed by atoms with van der Waals surface area (Å²) in [5, 5.41) is 3.07. The molecule has 13 heavy (non-hydrogen) atoms. The molecule has 1 rings (SSSR count). The maximum Gasteiger partial charge on any atom is 0.168 e. The smallest absolute Gasteiger partial charge is 0.168 e. The van der Waals surface area contributed by atoms with E-state index in [1.807, 2.05) is 25.1 Å². The Balaban J connectivity index is 2.99. The first-order valence-electron chi connectivity index (χ1n) is 3.84. The predicted molar refractivity (Wildman–Crippen MR) is 58.1 cm³/mol. The van der Waals surface area contributed by atoms with E-state index in [1.165, 1.54) is 0 Å². The maximum absolute atomic E-state index is 5.35. The van der Waals surface area contributed by atoms with Crippen LogP contribution in [0.4, 0.5) is 5.69 Å². The SMILES string of the molecule is COc1cc(C)ccc1NC(N)=S. The van der Waals surface area contributed by atoms with Crippen LogP contribution in [0.3, 0.4) is 0 Å². The molecule has 0 heterocycles. The number of hydrogen-bond acceptors (Lipinski definition) is 2. The molecule has 1 aromatic rings. The zero-order valence-electron chi connectivity index (χ0n) is 7.63. The molecule has 0 saturated heterocycles. The van der Waals surface area contributed by atoms with Crippen molar-refractivity contribution in [3.05, 3.63) is 23.8 Å². The Morgan fingerprint density at radius 1 is 1.54 bits per heavy atom.